The number of ether oxygens (including phenoxy) is 1. The Morgan fingerprint density at radius 2 is 1.40 bits per heavy atom. The van der Waals surface area contributed by atoms with Crippen LogP contribution in [-0.4, -0.2) is 23.0 Å². The van der Waals surface area contributed by atoms with E-state index in [1.54, 1.807) is 6.92 Å². The number of carboxylic acids is 1. The number of rotatable bonds is 15. The van der Waals surface area contributed by atoms with E-state index in [0.717, 1.165) is 18.8 Å². The van der Waals surface area contributed by atoms with Gasteiger partial charge in [-0.15, -0.1) is 0 Å². The van der Waals surface area contributed by atoms with Crippen molar-refractivity contribution in [2.45, 2.75) is 97.8 Å². The zero-order valence-corrected chi connectivity index (χ0v) is 16.2. The van der Waals surface area contributed by atoms with Gasteiger partial charge < -0.3 is 9.84 Å². The van der Waals surface area contributed by atoms with Gasteiger partial charge in [0, 0.05) is 0 Å². The van der Waals surface area contributed by atoms with Crippen LogP contribution in [0.25, 0.3) is 0 Å². The third kappa shape index (κ3) is 14.6. The molecular weight excluding hydrogens is 320 g/mol. The van der Waals surface area contributed by atoms with Crippen LogP contribution >= 0.6 is 0 Å². The second kappa shape index (κ2) is 14.9. The molecule has 0 saturated heterocycles. The predicted molar refractivity (Wildman–Crippen MR) is 98.1 cm³/mol. The van der Waals surface area contributed by atoms with Gasteiger partial charge in [-0.25, -0.2) is 0 Å². The Balaban J connectivity index is 3.59. The summed E-state index contributed by atoms with van der Waals surface area (Å²) in [4.78, 5) is 33.4. The first-order valence-electron chi connectivity index (χ1n) is 9.83. The second-order valence-electron chi connectivity index (χ2n) is 7.18. The molecule has 5 heteroatoms. The Morgan fingerprint density at radius 1 is 0.840 bits per heavy atom. The van der Waals surface area contributed by atoms with Gasteiger partial charge in [-0.05, 0) is 12.3 Å². The number of unbranched alkanes of at least 4 members (excludes halogenated alkanes) is 5. The Bertz CT molecular complexity index is 392. The van der Waals surface area contributed by atoms with Crippen molar-refractivity contribution in [3.63, 3.8) is 0 Å². The fourth-order valence-electron chi connectivity index (χ4n) is 2.88. The lowest BCUT2D eigenvalue weighted by molar-refractivity contribution is -0.163. The summed E-state index contributed by atoms with van der Waals surface area (Å²) in [6.07, 6.45) is 11.1. The van der Waals surface area contributed by atoms with Crippen molar-refractivity contribution in [1.29, 1.82) is 0 Å². The third-order valence-corrected chi connectivity index (χ3v) is 4.53. The number of carbonyl (C=O) groups excluding carboxylic acids is 2. The summed E-state index contributed by atoms with van der Waals surface area (Å²) in [5.74, 6) is -1.84. The average Bonchev–Trinajstić information content (AvgIpc) is 2.55. The lowest BCUT2D eigenvalue weighted by Gasteiger charge is -2.10. The van der Waals surface area contributed by atoms with E-state index < -0.39 is 17.9 Å². The van der Waals surface area contributed by atoms with Crippen molar-refractivity contribution in [1.82, 2.24) is 0 Å². The van der Waals surface area contributed by atoms with Crippen molar-refractivity contribution in [3.05, 3.63) is 0 Å². The van der Waals surface area contributed by atoms with Gasteiger partial charge in [0.05, 0.1) is 18.8 Å². The fourth-order valence-corrected chi connectivity index (χ4v) is 2.88. The molecule has 0 heterocycles. The zero-order chi connectivity index (χ0) is 19.1. The van der Waals surface area contributed by atoms with Crippen LogP contribution in [0, 0.1) is 11.8 Å². The Morgan fingerprint density at radius 3 is 1.96 bits per heavy atom. The molecule has 0 aromatic rings. The van der Waals surface area contributed by atoms with Crippen molar-refractivity contribution < 1.29 is 24.2 Å². The van der Waals surface area contributed by atoms with Crippen molar-refractivity contribution in [2.24, 2.45) is 11.8 Å². The highest BCUT2D eigenvalue weighted by Gasteiger charge is 2.18. The van der Waals surface area contributed by atoms with E-state index >= 15 is 0 Å². The van der Waals surface area contributed by atoms with Gasteiger partial charge in [-0.2, -0.15) is 0 Å². The summed E-state index contributed by atoms with van der Waals surface area (Å²) in [5.41, 5.74) is 0. The van der Waals surface area contributed by atoms with Gasteiger partial charge in [0.2, 0.25) is 0 Å². The third-order valence-electron chi connectivity index (χ3n) is 4.53. The SMILES string of the molecule is CCCC(C)CCCCCCCCC(C)C(=O)OC(=O)CCC(=O)O. The highest BCUT2D eigenvalue weighted by molar-refractivity contribution is 5.87. The van der Waals surface area contributed by atoms with Crippen LogP contribution in [0.2, 0.25) is 0 Å². The molecule has 1 N–H and O–H groups in total. The van der Waals surface area contributed by atoms with Crippen LogP contribution in [0.3, 0.4) is 0 Å². The van der Waals surface area contributed by atoms with Gasteiger partial charge >= 0.3 is 17.9 Å². The molecule has 0 fully saturated rings. The first-order valence-corrected chi connectivity index (χ1v) is 9.83. The number of carboxylic acid groups (broad SMARTS) is 1. The van der Waals surface area contributed by atoms with Crippen LogP contribution in [0.15, 0.2) is 0 Å². The molecule has 0 aliphatic heterocycles. The summed E-state index contributed by atoms with van der Waals surface area (Å²) < 4.78 is 4.67. The number of hydrogen-bond donors (Lipinski definition) is 1. The highest BCUT2D eigenvalue weighted by atomic mass is 16.6. The minimum absolute atomic E-state index is 0.259. The number of aliphatic carboxylic acids is 1. The van der Waals surface area contributed by atoms with Crippen LogP contribution in [0.1, 0.15) is 97.8 Å². The topological polar surface area (TPSA) is 80.7 Å². The van der Waals surface area contributed by atoms with Crippen LogP contribution in [0.5, 0.6) is 0 Å². The molecule has 0 spiro atoms. The van der Waals surface area contributed by atoms with Crippen LogP contribution < -0.4 is 0 Å². The molecule has 2 atom stereocenters. The molecule has 0 aliphatic rings. The van der Waals surface area contributed by atoms with E-state index in [0.29, 0.717) is 6.42 Å². The molecule has 0 aliphatic carbocycles. The zero-order valence-electron chi connectivity index (χ0n) is 16.2. The predicted octanol–water partition coefficient (Wildman–Crippen LogP) is 5.11. The van der Waals surface area contributed by atoms with Crippen LogP contribution in [0.4, 0.5) is 0 Å². The second-order valence-corrected chi connectivity index (χ2v) is 7.18. The quantitative estimate of drug-likeness (QED) is 0.250. The Labute approximate surface area is 152 Å². The average molecular weight is 357 g/mol. The van der Waals surface area contributed by atoms with E-state index in [-0.39, 0.29) is 18.8 Å². The Kier molecular flexibility index (Phi) is 14.1. The highest BCUT2D eigenvalue weighted by Crippen LogP contribution is 2.17. The molecule has 0 amide bonds. The first-order chi connectivity index (χ1) is 11.9. The normalized spacial score (nSPS) is 13.2. The van der Waals surface area contributed by atoms with E-state index in [1.807, 2.05) is 0 Å². The molecule has 2 unspecified atom stereocenters. The standard InChI is InChI=1S/C20H36O5/c1-4-11-16(2)12-9-7-5-6-8-10-13-17(3)20(24)25-19(23)15-14-18(21)22/h16-17H,4-15H2,1-3H3,(H,21,22). The maximum atomic E-state index is 11.7. The molecule has 0 aromatic heterocycles. The molecule has 0 bridgehead atoms. The summed E-state index contributed by atoms with van der Waals surface area (Å²) >= 11 is 0. The molecule has 5 nitrogen and oxygen atoms in total. The van der Waals surface area contributed by atoms with Crippen molar-refractivity contribution in [3.8, 4) is 0 Å². The number of esters is 2. The molecule has 0 saturated carbocycles. The monoisotopic (exact) mass is 356 g/mol. The van der Waals surface area contributed by atoms with Gasteiger partial charge in [-0.1, -0.05) is 78.6 Å². The van der Waals surface area contributed by atoms with Gasteiger partial charge in [0.25, 0.3) is 0 Å². The van der Waals surface area contributed by atoms with E-state index in [1.165, 1.54) is 44.9 Å². The number of hydrogen-bond acceptors (Lipinski definition) is 4. The molecule has 25 heavy (non-hydrogen) atoms. The summed E-state index contributed by atoms with van der Waals surface area (Å²) in [7, 11) is 0. The first kappa shape index (κ1) is 23.6. The fraction of sp³-hybridized carbons (Fsp3) is 0.850. The molecule has 146 valence electrons. The van der Waals surface area contributed by atoms with E-state index in [4.69, 9.17) is 5.11 Å². The molecule has 0 radical (unpaired) electrons. The maximum absolute atomic E-state index is 11.7. The minimum atomic E-state index is -1.07. The van der Waals surface area contributed by atoms with E-state index in [9.17, 15) is 14.4 Å². The largest absolute Gasteiger partial charge is 0.481 e. The summed E-state index contributed by atoms with van der Waals surface area (Å²) in [6.45, 7) is 6.32. The van der Waals surface area contributed by atoms with Gasteiger partial charge in [0.1, 0.15) is 0 Å². The van der Waals surface area contributed by atoms with Gasteiger partial charge in [0.15, 0.2) is 0 Å². The lowest BCUT2D eigenvalue weighted by atomic mass is 9.97. The minimum Gasteiger partial charge on any atom is -0.481 e. The number of carbonyl (C=O) groups is 3. The summed E-state index contributed by atoms with van der Waals surface area (Å²) in [6, 6.07) is 0. The van der Waals surface area contributed by atoms with Gasteiger partial charge in [-0.3, -0.25) is 14.4 Å². The van der Waals surface area contributed by atoms with Crippen molar-refractivity contribution >= 4 is 17.9 Å². The lowest BCUT2D eigenvalue weighted by Crippen LogP contribution is -2.19. The smallest absolute Gasteiger partial charge is 0.316 e. The summed E-state index contributed by atoms with van der Waals surface area (Å²) in [5, 5.41) is 8.48. The Hall–Kier alpha value is -1.39. The van der Waals surface area contributed by atoms with Crippen molar-refractivity contribution in [2.75, 3.05) is 0 Å². The molecule has 0 aromatic carbocycles. The van der Waals surface area contributed by atoms with E-state index in [2.05, 4.69) is 18.6 Å². The maximum Gasteiger partial charge on any atom is 0.316 e. The molecule has 0 rings (SSSR count). The van der Waals surface area contributed by atoms with Crippen LogP contribution in [-0.2, 0) is 19.1 Å². The molecular formula is C20H36O5.